The lowest BCUT2D eigenvalue weighted by molar-refractivity contribution is 0.670. The Labute approximate surface area is 122 Å². The van der Waals surface area contributed by atoms with Gasteiger partial charge in [-0.2, -0.15) is 0 Å². The van der Waals surface area contributed by atoms with Gasteiger partial charge < -0.3 is 10.3 Å². The predicted molar refractivity (Wildman–Crippen MR) is 81.6 cm³/mol. The number of aromatic nitrogens is 4. The van der Waals surface area contributed by atoms with Crippen LogP contribution in [0, 0.1) is 4.77 Å². The van der Waals surface area contributed by atoms with Gasteiger partial charge in [0.1, 0.15) is 11.3 Å². The normalized spacial score (nSPS) is 18.6. The maximum atomic E-state index is 5.45. The number of rotatable bonds is 5. The SMILES string of the molecule is CCCn1c(=S)nc(NC2CC2)c2[nH]c(C3CC3)nc21. The monoisotopic (exact) mass is 289 g/mol. The summed E-state index contributed by atoms with van der Waals surface area (Å²) in [7, 11) is 0. The number of aryl methyl sites for hydroxylation is 1. The van der Waals surface area contributed by atoms with Crippen molar-refractivity contribution in [2.75, 3.05) is 5.32 Å². The van der Waals surface area contributed by atoms with Crippen molar-refractivity contribution in [3.8, 4) is 0 Å². The summed E-state index contributed by atoms with van der Waals surface area (Å²) >= 11 is 5.45. The van der Waals surface area contributed by atoms with E-state index in [1.807, 2.05) is 0 Å². The van der Waals surface area contributed by atoms with Gasteiger partial charge in [-0.05, 0) is 44.3 Å². The van der Waals surface area contributed by atoms with E-state index in [2.05, 4.69) is 26.8 Å². The predicted octanol–water partition coefficient (Wildman–Crippen LogP) is 3.35. The third kappa shape index (κ3) is 2.12. The van der Waals surface area contributed by atoms with Crippen LogP contribution in [0.3, 0.4) is 0 Å². The number of fused-ring (bicyclic) bond motifs is 1. The molecular weight excluding hydrogens is 270 g/mol. The van der Waals surface area contributed by atoms with Crippen LogP contribution in [0.15, 0.2) is 0 Å². The zero-order chi connectivity index (χ0) is 13.7. The van der Waals surface area contributed by atoms with Crippen LogP contribution in [0.1, 0.15) is 50.8 Å². The molecular formula is C14H19N5S. The van der Waals surface area contributed by atoms with Gasteiger partial charge >= 0.3 is 0 Å². The molecule has 0 aromatic carbocycles. The van der Waals surface area contributed by atoms with Gasteiger partial charge in [-0.15, -0.1) is 0 Å². The summed E-state index contributed by atoms with van der Waals surface area (Å²) in [5, 5.41) is 3.48. The first-order valence-corrected chi connectivity index (χ1v) is 7.94. The highest BCUT2D eigenvalue weighted by Crippen LogP contribution is 2.39. The van der Waals surface area contributed by atoms with Gasteiger partial charge in [0.15, 0.2) is 11.5 Å². The smallest absolute Gasteiger partial charge is 0.203 e. The van der Waals surface area contributed by atoms with Crippen LogP contribution in [0.25, 0.3) is 11.2 Å². The van der Waals surface area contributed by atoms with Gasteiger partial charge in [0, 0.05) is 18.5 Å². The van der Waals surface area contributed by atoms with Gasteiger partial charge in [0.2, 0.25) is 4.77 Å². The van der Waals surface area contributed by atoms with Crippen LogP contribution in [-0.4, -0.2) is 25.6 Å². The summed E-state index contributed by atoms with van der Waals surface area (Å²) in [6, 6.07) is 0.565. The third-order valence-corrected chi connectivity index (χ3v) is 4.27. The molecule has 0 atom stereocenters. The molecule has 2 N–H and O–H groups in total. The number of aromatic amines is 1. The standard InChI is InChI=1S/C14H19N5S/c1-2-7-19-13-10(16-11(17-13)8-3-4-8)12(18-14(19)20)15-9-5-6-9/h8-9H,2-7H2,1H3,(H,16,17)(H,15,18,20). The number of nitrogens with one attached hydrogen (secondary N) is 2. The molecule has 0 bridgehead atoms. The second kappa shape index (κ2) is 4.55. The minimum atomic E-state index is 0.565. The summed E-state index contributed by atoms with van der Waals surface area (Å²) < 4.78 is 2.70. The lowest BCUT2D eigenvalue weighted by atomic mass is 10.4. The lowest BCUT2D eigenvalue weighted by Crippen LogP contribution is -2.09. The molecule has 0 amide bonds. The Hall–Kier alpha value is -1.43. The summed E-state index contributed by atoms with van der Waals surface area (Å²) in [6.07, 6.45) is 5.97. The highest BCUT2D eigenvalue weighted by Gasteiger charge is 2.29. The van der Waals surface area contributed by atoms with Crippen molar-refractivity contribution in [3.63, 3.8) is 0 Å². The average Bonchev–Trinajstić information content (AvgIpc) is 3.34. The number of hydrogen-bond acceptors (Lipinski definition) is 4. The van der Waals surface area contributed by atoms with Crippen molar-refractivity contribution in [1.82, 2.24) is 19.5 Å². The van der Waals surface area contributed by atoms with E-state index in [-0.39, 0.29) is 0 Å². The fourth-order valence-corrected chi connectivity index (χ4v) is 2.81. The molecule has 20 heavy (non-hydrogen) atoms. The molecule has 4 rings (SSSR count). The summed E-state index contributed by atoms with van der Waals surface area (Å²) in [5.41, 5.74) is 2.00. The van der Waals surface area contributed by atoms with E-state index in [1.165, 1.54) is 25.7 Å². The first-order chi connectivity index (χ1) is 9.76. The van der Waals surface area contributed by atoms with E-state index in [0.717, 1.165) is 35.8 Å². The maximum Gasteiger partial charge on any atom is 0.203 e. The number of nitrogens with zero attached hydrogens (tertiary/aromatic N) is 3. The number of hydrogen-bond donors (Lipinski definition) is 2. The Morgan fingerprint density at radius 2 is 2.10 bits per heavy atom. The molecule has 2 saturated carbocycles. The van der Waals surface area contributed by atoms with Crippen molar-refractivity contribution in [2.24, 2.45) is 0 Å². The van der Waals surface area contributed by atoms with Gasteiger partial charge in [0.05, 0.1) is 0 Å². The average molecular weight is 289 g/mol. The Morgan fingerprint density at radius 3 is 2.75 bits per heavy atom. The van der Waals surface area contributed by atoms with Crippen LogP contribution in [0.4, 0.5) is 5.82 Å². The first kappa shape index (κ1) is 12.3. The molecule has 0 radical (unpaired) electrons. The number of imidazole rings is 1. The molecule has 0 unspecified atom stereocenters. The first-order valence-electron chi connectivity index (χ1n) is 7.53. The van der Waals surface area contributed by atoms with Crippen LogP contribution in [0.5, 0.6) is 0 Å². The second-order valence-electron chi connectivity index (χ2n) is 5.91. The van der Waals surface area contributed by atoms with Crippen molar-refractivity contribution >= 4 is 29.2 Å². The molecule has 2 heterocycles. The third-order valence-electron chi connectivity index (χ3n) is 3.96. The zero-order valence-electron chi connectivity index (χ0n) is 11.6. The Bertz CT molecular complexity index is 708. The molecule has 2 aliphatic carbocycles. The van der Waals surface area contributed by atoms with Crippen molar-refractivity contribution in [2.45, 2.75) is 57.5 Å². The van der Waals surface area contributed by atoms with Crippen molar-refractivity contribution in [1.29, 1.82) is 0 Å². The fourth-order valence-electron chi connectivity index (χ4n) is 2.55. The molecule has 6 heteroatoms. The number of anilines is 1. The van der Waals surface area contributed by atoms with Gasteiger partial charge in [-0.3, -0.25) is 4.57 Å². The molecule has 2 aromatic heterocycles. The van der Waals surface area contributed by atoms with E-state index in [9.17, 15) is 0 Å². The molecule has 5 nitrogen and oxygen atoms in total. The van der Waals surface area contributed by atoms with E-state index in [1.54, 1.807) is 0 Å². The molecule has 0 aliphatic heterocycles. The highest BCUT2D eigenvalue weighted by molar-refractivity contribution is 7.71. The van der Waals surface area contributed by atoms with Crippen LogP contribution < -0.4 is 5.32 Å². The van der Waals surface area contributed by atoms with E-state index < -0.39 is 0 Å². The molecule has 2 fully saturated rings. The molecule has 2 aromatic rings. The summed E-state index contributed by atoms with van der Waals surface area (Å²) in [5.74, 6) is 2.60. The highest BCUT2D eigenvalue weighted by atomic mass is 32.1. The fraction of sp³-hybridized carbons (Fsp3) is 0.643. The van der Waals surface area contributed by atoms with Crippen LogP contribution in [0.2, 0.25) is 0 Å². The van der Waals surface area contributed by atoms with Gasteiger partial charge in [-0.1, -0.05) is 6.92 Å². The molecule has 2 aliphatic rings. The van der Waals surface area contributed by atoms with E-state index >= 15 is 0 Å². The Kier molecular flexibility index (Phi) is 2.80. The lowest BCUT2D eigenvalue weighted by Gasteiger charge is -2.09. The summed E-state index contributed by atoms with van der Waals surface area (Å²) in [6.45, 7) is 3.03. The van der Waals surface area contributed by atoms with Crippen LogP contribution in [-0.2, 0) is 6.54 Å². The molecule has 106 valence electrons. The molecule has 0 saturated heterocycles. The van der Waals surface area contributed by atoms with E-state index in [0.29, 0.717) is 16.7 Å². The van der Waals surface area contributed by atoms with Gasteiger partial charge in [-0.25, -0.2) is 9.97 Å². The Morgan fingerprint density at radius 1 is 1.30 bits per heavy atom. The summed E-state index contributed by atoms with van der Waals surface area (Å²) in [4.78, 5) is 12.9. The zero-order valence-corrected chi connectivity index (χ0v) is 12.5. The topological polar surface area (TPSA) is 58.5 Å². The van der Waals surface area contributed by atoms with Crippen molar-refractivity contribution < 1.29 is 0 Å². The minimum Gasteiger partial charge on any atom is -0.365 e. The molecule has 0 spiro atoms. The minimum absolute atomic E-state index is 0.565. The quantitative estimate of drug-likeness (QED) is 0.829. The number of H-pyrrole nitrogens is 1. The van der Waals surface area contributed by atoms with Gasteiger partial charge in [0.25, 0.3) is 0 Å². The van der Waals surface area contributed by atoms with Crippen LogP contribution >= 0.6 is 12.2 Å². The Balaban J connectivity index is 1.88. The largest absolute Gasteiger partial charge is 0.365 e. The van der Waals surface area contributed by atoms with Crippen molar-refractivity contribution in [3.05, 3.63) is 10.6 Å². The second-order valence-corrected chi connectivity index (χ2v) is 6.27. The van der Waals surface area contributed by atoms with E-state index in [4.69, 9.17) is 17.2 Å². The maximum absolute atomic E-state index is 5.45.